The number of aryl methyl sites for hydroxylation is 2. The highest BCUT2D eigenvalue weighted by molar-refractivity contribution is 5.85. The van der Waals surface area contributed by atoms with E-state index < -0.39 is 0 Å². The number of rotatable bonds is 4. The van der Waals surface area contributed by atoms with Crippen LogP contribution in [0.3, 0.4) is 0 Å². The standard InChI is InChI=1S/C20H24N2/c1-4-15-7-5-6-14(2)19(15)22(3)20(16-8-9-16)17-10-12-18(21)13-11-17/h5-7,10-13H,4,8-9,21H2,1-3H3. The molecule has 0 heterocycles. The molecule has 0 aromatic heterocycles. The largest absolute Gasteiger partial charge is 0.399 e. The quantitative estimate of drug-likeness (QED) is 0.822. The van der Waals surface area contributed by atoms with E-state index in [4.69, 9.17) is 5.73 Å². The first-order valence-electron chi connectivity index (χ1n) is 8.02. The molecule has 3 rings (SSSR count). The smallest absolute Gasteiger partial charge is 0.0473 e. The predicted molar refractivity (Wildman–Crippen MR) is 96.0 cm³/mol. The van der Waals surface area contributed by atoms with E-state index in [1.165, 1.54) is 46.5 Å². The number of benzene rings is 2. The highest BCUT2D eigenvalue weighted by atomic mass is 15.1. The molecular weight excluding hydrogens is 268 g/mol. The number of nitrogens with two attached hydrogens (primary N) is 1. The second kappa shape index (κ2) is 5.88. The zero-order chi connectivity index (χ0) is 15.7. The Balaban J connectivity index is 2.08. The SMILES string of the molecule is CCc1cccc(C)c1N(C)C(=C1CC1)c1ccc(N)cc1. The number of hydrogen-bond donors (Lipinski definition) is 1. The highest BCUT2D eigenvalue weighted by Crippen LogP contribution is 2.41. The fraction of sp³-hybridized carbons (Fsp3) is 0.300. The van der Waals surface area contributed by atoms with Crippen LogP contribution in [-0.4, -0.2) is 7.05 Å². The van der Waals surface area contributed by atoms with Gasteiger partial charge in [0.05, 0.1) is 0 Å². The molecule has 1 aliphatic rings. The molecule has 0 unspecified atom stereocenters. The molecule has 22 heavy (non-hydrogen) atoms. The van der Waals surface area contributed by atoms with Gasteiger partial charge in [-0.3, -0.25) is 0 Å². The van der Waals surface area contributed by atoms with Crippen molar-refractivity contribution in [3.05, 3.63) is 64.7 Å². The maximum atomic E-state index is 5.85. The van der Waals surface area contributed by atoms with Crippen molar-refractivity contribution in [2.75, 3.05) is 17.7 Å². The minimum Gasteiger partial charge on any atom is -0.399 e. The molecule has 2 N–H and O–H groups in total. The Hall–Kier alpha value is -2.22. The van der Waals surface area contributed by atoms with Crippen molar-refractivity contribution in [2.45, 2.75) is 33.1 Å². The molecule has 0 bridgehead atoms. The molecule has 2 aromatic carbocycles. The summed E-state index contributed by atoms with van der Waals surface area (Å²) in [6, 6.07) is 14.8. The summed E-state index contributed by atoms with van der Waals surface area (Å²) >= 11 is 0. The number of para-hydroxylation sites is 1. The van der Waals surface area contributed by atoms with E-state index in [1.807, 2.05) is 12.1 Å². The molecule has 0 saturated heterocycles. The van der Waals surface area contributed by atoms with Gasteiger partial charge in [-0.15, -0.1) is 0 Å². The van der Waals surface area contributed by atoms with Gasteiger partial charge in [-0.2, -0.15) is 0 Å². The minimum atomic E-state index is 0.816. The van der Waals surface area contributed by atoms with E-state index in [1.54, 1.807) is 0 Å². The van der Waals surface area contributed by atoms with Crippen LogP contribution in [0.25, 0.3) is 5.70 Å². The molecular formula is C20H24N2. The topological polar surface area (TPSA) is 29.3 Å². The van der Waals surface area contributed by atoms with Gasteiger partial charge in [-0.05, 0) is 60.6 Å². The maximum Gasteiger partial charge on any atom is 0.0473 e. The zero-order valence-corrected chi connectivity index (χ0v) is 13.7. The van der Waals surface area contributed by atoms with Crippen LogP contribution in [0.5, 0.6) is 0 Å². The molecule has 1 aliphatic carbocycles. The summed E-state index contributed by atoms with van der Waals surface area (Å²) in [4.78, 5) is 2.38. The van der Waals surface area contributed by atoms with E-state index in [0.29, 0.717) is 0 Å². The Kier molecular flexibility index (Phi) is 3.93. The second-order valence-corrected chi connectivity index (χ2v) is 6.07. The van der Waals surface area contributed by atoms with Crippen LogP contribution in [-0.2, 0) is 6.42 Å². The van der Waals surface area contributed by atoms with Crippen molar-refractivity contribution >= 4 is 17.1 Å². The third-order valence-corrected chi connectivity index (χ3v) is 4.39. The van der Waals surface area contributed by atoms with Crippen LogP contribution in [0.2, 0.25) is 0 Å². The molecule has 0 atom stereocenters. The molecule has 114 valence electrons. The van der Waals surface area contributed by atoms with Gasteiger partial charge < -0.3 is 10.6 Å². The van der Waals surface area contributed by atoms with Gasteiger partial charge in [-0.1, -0.05) is 37.3 Å². The molecule has 1 saturated carbocycles. The van der Waals surface area contributed by atoms with E-state index in [9.17, 15) is 0 Å². The van der Waals surface area contributed by atoms with Crippen LogP contribution in [0, 0.1) is 6.92 Å². The van der Waals surface area contributed by atoms with E-state index in [-0.39, 0.29) is 0 Å². The third-order valence-electron chi connectivity index (χ3n) is 4.39. The number of nitrogens with zero attached hydrogens (tertiary/aromatic N) is 1. The van der Waals surface area contributed by atoms with E-state index in [0.717, 1.165) is 12.1 Å². The highest BCUT2D eigenvalue weighted by Gasteiger charge is 2.24. The van der Waals surface area contributed by atoms with Crippen LogP contribution >= 0.6 is 0 Å². The number of hydrogen-bond acceptors (Lipinski definition) is 2. The molecule has 0 aliphatic heterocycles. The summed E-state index contributed by atoms with van der Waals surface area (Å²) in [5.74, 6) is 0. The summed E-state index contributed by atoms with van der Waals surface area (Å²) in [6.07, 6.45) is 3.46. The van der Waals surface area contributed by atoms with Gasteiger partial charge in [0.1, 0.15) is 0 Å². The summed E-state index contributed by atoms with van der Waals surface area (Å²) in [5.41, 5.74) is 14.9. The second-order valence-electron chi connectivity index (χ2n) is 6.07. The normalized spacial score (nSPS) is 13.1. The summed E-state index contributed by atoms with van der Waals surface area (Å²) in [5, 5.41) is 0. The monoisotopic (exact) mass is 292 g/mol. The van der Waals surface area contributed by atoms with E-state index >= 15 is 0 Å². The van der Waals surface area contributed by atoms with Crippen molar-refractivity contribution in [2.24, 2.45) is 0 Å². The third kappa shape index (κ3) is 2.74. The van der Waals surface area contributed by atoms with Crippen molar-refractivity contribution in [3.63, 3.8) is 0 Å². The van der Waals surface area contributed by atoms with Gasteiger partial charge in [0, 0.05) is 24.1 Å². The van der Waals surface area contributed by atoms with Gasteiger partial charge in [0.2, 0.25) is 0 Å². The molecule has 0 radical (unpaired) electrons. The first kappa shape index (κ1) is 14.7. The van der Waals surface area contributed by atoms with E-state index in [2.05, 4.69) is 56.1 Å². The molecule has 0 spiro atoms. The average molecular weight is 292 g/mol. The fourth-order valence-electron chi connectivity index (χ4n) is 3.17. The molecule has 0 amide bonds. The number of nitrogen functional groups attached to an aromatic ring is 1. The number of anilines is 2. The first-order chi connectivity index (χ1) is 10.6. The molecule has 2 aromatic rings. The summed E-state index contributed by atoms with van der Waals surface area (Å²) in [7, 11) is 2.19. The summed E-state index contributed by atoms with van der Waals surface area (Å²) in [6.45, 7) is 4.42. The Labute approximate surface area is 133 Å². The van der Waals surface area contributed by atoms with Gasteiger partial charge in [0.25, 0.3) is 0 Å². The Morgan fingerprint density at radius 1 is 1.09 bits per heavy atom. The van der Waals surface area contributed by atoms with Crippen LogP contribution in [0.4, 0.5) is 11.4 Å². The lowest BCUT2D eigenvalue weighted by Gasteiger charge is -2.27. The average Bonchev–Trinajstić information content (AvgIpc) is 3.33. The molecule has 2 heteroatoms. The predicted octanol–water partition coefficient (Wildman–Crippen LogP) is 4.78. The van der Waals surface area contributed by atoms with Gasteiger partial charge in [0.15, 0.2) is 0 Å². The fourth-order valence-corrected chi connectivity index (χ4v) is 3.17. The lowest BCUT2D eigenvalue weighted by Crippen LogP contribution is -2.18. The molecule has 1 fully saturated rings. The Morgan fingerprint density at radius 2 is 1.77 bits per heavy atom. The Morgan fingerprint density at radius 3 is 2.36 bits per heavy atom. The van der Waals surface area contributed by atoms with Crippen molar-refractivity contribution in [3.8, 4) is 0 Å². The first-order valence-corrected chi connectivity index (χ1v) is 8.02. The molecule has 2 nitrogen and oxygen atoms in total. The summed E-state index contributed by atoms with van der Waals surface area (Å²) < 4.78 is 0. The van der Waals surface area contributed by atoms with Crippen molar-refractivity contribution < 1.29 is 0 Å². The van der Waals surface area contributed by atoms with Gasteiger partial charge in [-0.25, -0.2) is 0 Å². The van der Waals surface area contributed by atoms with Crippen molar-refractivity contribution in [1.29, 1.82) is 0 Å². The van der Waals surface area contributed by atoms with Crippen LogP contribution < -0.4 is 10.6 Å². The maximum absolute atomic E-state index is 5.85. The van der Waals surface area contributed by atoms with Crippen LogP contribution in [0.15, 0.2) is 48.0 Å². The lowest BCUT2D eigenvalue weighted by atomic mass is 10.0. The minimum absolute atomic E-state index is 0.816. The van der Waals surface area contributed by atoms with Gasteiger partial charge >= 0.3 is 0 Å². The zero-order valence-electron chi connectivity index (χ0n) is 13.7. The number of allylic oxidation sites excluding steroid dienone is 1. The van der Waals surface area contributed by atoms with Crippen LogP contribution in [0.1, 0.15) is 36.5 Å². The lowest BCUT2D eigenvalue weighted by molar-refractivity contribution is 1.08. The van der Waals surface area contributed by atoms with Crippen molar-refractivity contribution in [1.82, 2.24) is 0 Å². The Bertz CT molecular complexity index is 705.